The van der Waals surface area contributed by atoms with Crippen molar-refractivity contribution in [3.05, 3.63) is 29.8 Å². The molecule has 108 valence electrons. The highest BCUT2D eigenvalue weighted by molar-refractivity contribution is 5.40. The SMILES string of the molecule is CC1(C)CC(Oc2cccc(C#CCN)c2)C(C)(C)O1. The van der Waals surface area contributed by atoms with Crippen LogP contribution in [-0.2, 0) is 4.74 Å². The topological polar surface area (TPSA) is 44.5 Å². The molecule has 1 aliphatic rings. The molecule has 1 saturated heterocycles. The van der Waals surface area contributed by atoms with Crippen LogP contribution in [0.25, 0.3) is 0 Å². The maximum Gasteiger partial charge on any atom is 0.130 e. The normalized spacial score (nSPS) is 22.9. The van der Waals surface area contributed by atoms with Gasteiger partial charge in [-0.1, -0.05) is 17.9 Å². The number of rotatable bonds is 2. The maximum absolute atomic E-state index is 6.12. The monoisotopic (exact) mass is 273 g/mol. The lowest BCUT2D eigenvalue weighted by atomic mass is 9.97. The van der Waals surface area contributed by atoms with Crippen molar-refractivity contribution in [2.45, 2.75) is 51.4 Å². The Morgan fingerprint density at radius 3 is 2.70 bits per heavy atom. The van der Waals surface area contributed by atoms with Crippen molar-refractivity contribution in [3.63, 3.8) is 0 Å². The molecular weight excluding hydrogens is 250 g/mol. The summed E-state index contributed by atoms with van der Waals surface area (Å²) in [7, 11) is 0. The summed E-state index contributed by atoms with van der Waals surface area (Å²) in [6.45, 7) is 8.71. The lowest BCUT2D eigenvalue weighted by molar-refractivity contribution is -0.0846. The minimum absolute atomic E-state index is 0.0372. The molecule has 0 radical (unpaired) electrons. The van der Waals surface area contributed by atoms with E-state index in [1.54, 1.807) is 0 Å². The fourth-order valence-electron chi connectivity index (χ4n) is 2.66. The van der Waals surface area contributed by atoms with Gasteiger partial charge in [0.05, 0.1) is 12.1 Å². The third kappa shape index (κ3) is 3.53. The molecule has 0 spiro atoms. The van der Waals surface area contributed by atoms with Gasteiger partial charge in [-0.15, -0.1) is 0 Å². The molecule has 1 aliphatic heterocycles. The van der Waals surface area contributed by atoms with Gasteiger partial charge in [0.1, 0.15) is 17.5 Å². The Morgan fingerprint density at radius 2 is 2.10 bits per heavy atom. The van der Waals surface area contributed by atoms with Crippen LogP contribution in [0.2, 0.25) is 0 Å². The fourth-order valence-corrected chi connectivity index (χ4v) is 2.66. The molecule has 20 heavy (non-hydrogen) atoms. The molecule has 1 aromatic carbocycles. The molecular formula is C17H23NO2. The first-order valence-electron chi connectivity index (χ1n) is 6.98. The highest BCUT2D eigenvalue weighted by Crippen LogP contribution is 2.39. The van der Waals surface area contributed by atoms with E-state index in [9.17, 15) is 0 Å². The van der Waals surface area contributed by atoms with Crippen LogP contribution >= 0.6 is 0 Å². The predicted octanol–water partition coefficient (Wildman–Crippen LogP) is 2.72. The summed E-state index contributed by atoms with van der Waals surface area (Å²) in [5.41, 5.74) is 5.87. The van der Waals surface area contributed by atoms with Crippen molar-refractivity contribution in [2.24, 2.45) is 5.73 Å². The van der Waals surface area contributed by atoms with Crippen molar-refractivity contribution in [2.75, 3.05) is 6.54 Å². The van der Waals surface area contributed by atoms with Crippen molar-refractivity contribution in [1.29, 1.82) is 0 Å². The predicted molar refractivity (Wildman–Crippen MR) is 80.7 cm³/mol. The number of hydrogen-bond donors (Lipinski definition) is 1. The smallest absolute Gasteiger partial charge is 0.130 e. The van der Waals surface area contributed by atoms with Gasteiger partial charge in [-0.25, -0.2) is 0 Å². The standard InChI is InChI=1S/C17H23NO2/c1-16(2)12-15(17(3,4)20-16)19-14-9-5-7-13(11-14)8-6-10-18/h5,7,9,11,15H,10,12,18H2,1-4H3. The Bertz CT molecular complexity index is 537. The van der Waals surface area contributed by atoms with E-state index in [1.807, 2.05) is 24.3 Å². The molecule has 3 nitrogen and oxygen atoms in total. The van der Waals surface area contributed by atoms with Crippen LogP contribution in [0.1, 0.15) is 39.7 Å². The van der Waals surface area contributed by atoms with E-state index in [-0.39, 0.29) is 17.3 Å². The van der Waals surface area contributed by atoms with Gasteiger partial charge in [-0.3, -0.25) is 0 Å². The second-order valence-electron chi connectivity index (χ2n) is 6.31. The summed E-state index contributed by atoms with van der Waals surface area (Å²) in [5, 5.41) is 0. The minimum atomic E-state index is -0.289. The molecule has 2 rings (SSSR count). The molecule has 1 unspecified atom stereocenters. The minimum Gasteiger partial charge on any atom is -0.487 e. The van der Waals surface area contributed by atoms with Crippen LogP contribution in [-0.4, -0.2) is 23.9 Å². The third-order valence-electron chi connectivity index (χ3n) is 3.44. The quantitative estimate of drug-likeness (QED) is 0.843. The molecule has 0 aliphatic carbocycles. The van der Waals surface area contributed by atoms with Gasteiger partial charge in [-0.2, -0.15) is 0 Å². The zero-order valence-electron chi connectivity index (χ0n) is 12.7. The zero-order chi connectivity index (χ0) is 14.8. The Balaban J connectivity index is 2.14. The highest BCUT2D eigenvalue weighted by Gasteiger charge is 2.47. The van der Waals surface area contributed by atoms with Gasteiger partial charge in [0.25, 0.3) is 0 Å². The Hall–Kier alpha value is -1.50. The first-order valence-corrected chi connectivity index (χ1v) is 6.98. The number of nitrogens with two attached hydrogens (primary N) is 1. The summed E-state index contributed by atoms with van der Waals surface area (Å²) in [6, 6.07) is 7.80. The van der Waals surface area contributed by atoms with E-state index in [1.165, 1.54) is 0 Å². The summed E-state index contributed by atoms with van der Waals surface area (Å²) < 4.78 is 12.2. The maximum atomic E-state index is 6.12. The van der Waals surface area contributed by atoms with Crippen LogP contribution < -0.4 is 10.5 Å². The zero-order valence-corrected chi connectivity index (χ0v) is 12.7. The van der Waals surface area contributed by atoms with Gasteiger partial charge in [-0.05, 0) is 45.9 Å². The molecule has 1 aromatic rings. The van der Waals surface area contributed by atoms with E-state index in [0.29, 0.717) is 6.54 Å². The van der Waals surface area contributed by atoms with E-state index in [2.05, 4.69) is 39.5 Å². The molecule has 1 atom stereocenters. The van der Waals surface area contributed by atoms with Crippen molar-refractivity contribution in [3.8, 4) is 17.6 Å². The lowest BCUT2D eigenvalue weighted by Crippen LogP contribution is -2.36. The summed E-state index contributed by atoms with van der Waals surface area (Å²) in [5.74, 6) is 6.70. The Kier molecular flexibility index (Phi) is 4.08. The average Bonchev–Trinajstić information content (AvgIpc) is 2.55. The molecule has 1 fully saturated rings. The number of ether oxygens (including phenoxy) is 2. The van der Waals surface area contributed by atoms with Crippen LogP contribution in [0.4, 0.5) is 0 Å². The van der Waals surface area contributed by atoms with Gasteiger partial charge < -0.3 is 15.2 Å². The van der Waals surface area contributed by atoms with Gasteiger partial charge in [0.15, 0.2) is 0 Å². The summed E-state index contributed by atoms with van der Waals surface area (Å²) >= 11 is 0. The number of hydrogen-bond acceptors (Lipinski definition) is 3. The lowest BCUT2D eigenvalue weighted by Gasteiger charge is -2.27. The molecule has 3 heteroatoms. The fraction of sp³-hybridized carbons (Fsp3) is 0.529. The van der Waals surface area contributed by atoms with E-state index >= 15 is 0 Å². The average molecular weight is 273 g/mol. The van der Waals surface area contributed by atoms with Gasteiger partial charge in [0, 0.05) is 12.0 Å². The molecule has 0 aromatic heterocycles. The second kappa shape index (κ2) is 5.47. The molecule has 2 N–H and O–H groups in total. The van der Waals surface area contributed by atoms with Crippen LogP contribution in [0.3, 0.4) is 0 Å². The van der Waals surface area contributed by atoms with E-state index in [4.69, 9.17) is 15.2 Å². The van der Waals surface area contributed by atoms with Gasteiger partial charge in [0.2, 0.25) is 0 Å². The van der Waals surface area contributed by atoms with Crippen molar-refractivity contribution < 1.29 is 9.47 Å². The molecule has 0 bridgehead atoms. The van der Waals surface area contributed by atoms with E-state index in [0.717, 1.165) is 17.7 Å². The first-order chi connectivity index (χ1) is 9.32. The second-order valence-corrected chi connectivity index (χ2v) is 6.31. The molecule has 1 heterocycles. The van der Waals surface area contributed by atoms with Crippen LogP contribution in [0.15, 0.2) is 24.3 Å². The van der Waals surface area contributed by atoms with Crippen LogP contribution in [0.5, 0.6) is 5.75 Å². The summed E-state index contributed by atoms with van der Waals surface area (Å²) in [4.78, 5) is 0. The van der Waals surface area contributed by atoms with Crippen molar-refractivity contribution in [1.82, 2.24) is 0 Å². The third-order valence-corrected chi connectivity index (χ3v) is 3.44. The Labute approximate surface area is 121 Å². The number of benzene rings is 1. The molecule has 0 saturated carbocycles. The summed E-state index contributed by atoms with van der Waals surface area (Å²) in [6.07, 6.45) is 0.911. The van der Waals surface area contributed by atoms with Crippen LogP contribution in [0, 0.1) is 11.8 Å². The van der Waals surface area contributed by atoms with E-state index < -0.39 is 0 Å². The first kappa shape index (κ1) is 14.9. The largest absolute Gasteiger partial charge is 0.487 e. The highest BCUT2D eigenvalue weighted by atomic mass is 16.6. The van der Waals surface area contributed by atoms with Gasteiger partial charge >= 0.3 is 0 Å². The van der Waals surface area contributed by atoms with Crippen molar-refractivity contribution >= 4 is 0 Å². The molecule has 0 amide bonds. The Morgan fingerprint density at radius 1 is 1.35 bits per heavy atom.